The lowest BCUT2D eigenvalue weighted by Gasteiger charge is -2.35. The Hall–Kier alpha value is -2.77. The Morgan fingerprint density at radius 2 is 1.60 bits per heavy atom. The molecule has 2 amide bonds. The van der Waals surface area contributed by atoms with Crippen LogP contribution < -0.4 is 20.0 Å². The van der Waals surface area contributed by atoms with Crippen LogP contribution in [0.4, 0.5) is 22.7 Å². The molecule has 0 aromatic heterocycles. The van der Waals surface area contributed by atoms with Crippen LogP contribution in [-0.2, 0) is 9.59 Å². The summed E-state index contributed by atoms with van der Waals surface area (Å²) in [6.45, 7) is 5.09. The van der Waals surface area contributed by atoms with Gasteiger partial charge in [0, 0.05) is 68.5 Å². The molecule has 1 N–H and O–H groups in total. The highest BCUT2D eigenvalue weighted by Gasteiger charge is 2.29. The first-order chi connectivity index (χ1) is 16.7. The maximum Gasteiger partial charge on any atom is 0.229 e. The van der Waals surface area contributed by atoms with Crippen molar-refractivity contribution in [1.82, 2.24) is 4.90 Å². The Kier molecular flexibility index (Phi) is 7.87. The van der Waals surface area contributed by atoms with Crippen LogP contribution in [0.15, 0.2) is 42.5 Å². The summed E-state index contributed by atoms with van der Waals surface area (Å²) >= 11 is 6.14. The third-order valence-corrected chi connectivity index (χ3v) is 7.52. The highest BCUT2D eigenvalue weighted by molar-refractivity contribution is 6.31. The van der Waals surface area contributed by atoms with Crippen molar-refractivity contribution in [2.75, 3.05) is 67.3 Å². The van der Waals surface area contributed by atoms with Crippen LogP contribution in [0.3, 0.4) is 0 Å². The number of nitrogens with zero attached hydrogens (tertiary/aromatic N) is 4. The number of rotatable bonds is 6. The van der Waals surface area contributed by atoms with Crippen molar-refractivity contribution in [2.45, 2.75) is 32.2 Å². The summed E-state index contributed by atoms with van der Waals surface area (Å²) in [5, 5.41) is 3.45. The SMILES string of the molecule is CC(=O)Nc1cc(Cl)ccc1N1CCC(C(=O)N(C)c2ccc(N3CCC(N(C)C)C3)cc2)CC1. The van der Waals surface area contributed by atoms with Crippen molar-refractivity contribution in [1.29, 1.82) is 0 Å². The summed E-state index contributed by atoms with van der Waals surface area (Å²) in [6, 6.07) is 14.5. The van der Waals surface area contributed by atoms with E-state index in [0.29, 0.717) is 16.8 Å². The smallest absolute Gasteiger partial charge is 0.229 e. The molecule has 1 unspecified atom stereocenters. The molecule has 4 rings (SSSR count). The van der Waals surface area contributed by atoms with E-state index in [1.165, 1.54) is 19.0 Å². The highest BCUT2D eigenvalue weighted by Crippen LogP contribution is 2.33. The van der Waals surface area contributed by atoms with Crippen molar-refractivity contribution in [3.05, 3.63) is 47.5 Å². The minimum Gasteiger partial charge on any atom is -0.370 e. The third-order valence-electron chi connectivity index (χ3n) is 7.28. The Bertz CT molecular complexity index is 1050. The minimum absolute atomic E-state index is 0.0214. The van der Waals surface area contributed by atoms with E-state index in [2.05, 4.69) is 58.4 Å². The second kappa shape index (κ2) is 10.9. The van der Waals surface area contributed by atoms with Gasteiger partial charge in [0.25, 0.3) is 0 Å². The van der Waals surface area contributed by atoms with Gasteiger partial charge in [0.1, 0.15) is 0 Å². The van der Waals surface area contributed by atoms with E-state index in [9.17, 15) is 9.59 Å². The third kappa shape index (κ3) is 5.90. The fraction of sp³-hybridized carbons (Fsp3) is 0.481. The summed E-state index contributed by atoms with van der Waals surface area (Å²) < 4.78 is 0. The Morgan fingerprint density at radius 1 is 0.943 bits per heavy atom. The first-order valence-corrected chi connectivity index (χ1v) is 12.7. The number of amides is 2. The Labute approximate surface area is 213 Å². The quantitative estimate of drug-likeness (QED) is 0.644. The fourth-order valence-corrected chi connectivity index (χ4v) is 5.30. The van der Waals surface area contributed by atoms with Gasteiger partial charge < -0.3 is 24.9 Å². The summed E-state index contributed by atoms with van der Waals surface area (Å²) in [4.78, 5) is 33.6. The molecule has 2 aromatic carbocycles. The number of carbonyl (C=O) groups is 2. The second-order valence-electron chi connectivity index (χ2n) is 9.87. The normalized spacial score (nSPS) is 18.7. The number of likely N-dealkylation sites (N-methyl/N-ethyl adjacent to an activating group) is 1. The monoisotopic (exact) mass is 497 g/mol. The molecule has 188 valence electrons. The largest absolute Gasteiger partial charge is 0.370 e. The van der Waals surface area contributed by atoms with Gasteiger partial charge in [-0.25, -0.2) is 0 Å². The van der Waals surface area contributed by atoms with Gasteiger partial charge in [-0.2, -0.15) is 0 Å². The minimum atomic E-state index is -0.131. The first-order valence-electron chi connectivity index (χ1n) is 12.3. The zero-order valence-electron chi connectivity index (χ0n) is 21.1. The maximum absolute atomic E-state index is 13.3. The van der Waals surface area contributed by atoms with E-state index in [1.807, 2.05) is 19.2 Å². The number of piperidine rings is 1. The summed E-state index contributed by atoms with van der Waals surface area (Å²) in [5.41, 5.74) is 3.79. The average Bonchev–Trinajstić information content (AvgIpc) is 3.34. The van der Waals surface area contributed by atoms with Crippen LogP contribution in [0.5, 0.6) is 0 Å². The lowest BCUT2D eigenvalue weighted by Crippen LogP contribution is -2.41. The summed E-state index contributed by atoms with van der Waals surface area (Å²) in [6.07, 6.45) is 2.71. The van der Waals surface area contributed by atoms with Crippen molar-refractivity contribution in [3.8, 4) is 0 Å². The number of anilines is 4. The van der Waals surface area contributed by atoms with Crippen LogP contribution in [0, 0.1) is 5.92 Å². The molecule has 2 aliphatic heterocycles. The zero-order valence-corrected chi connectivity index (χ0v) is 21.9. The molecule has 1 atom stereocenters. The lowest BCUT2D eigenvalue weighted by atomic mass is 9.94. The summed E-state index contributed by atoms with van der Waals surface area (Å²) in [5.74, 6) is 0.00443. The molecule has 0 bridgehead atoms. The van der Waals surface area contributed by atoms with E-state index < -0.39 is 0 Å². The number of hydrogen-bond acceptors (Lipinski definition) is 5. The topological polar surface area (TPSA) is 59.1 Å². The van der Waals surface area contributed by atoms with Gasteiger partial charge in [-0.05, 0) is 75.8 Å². The summed E-state index contributed by atoms with van der Waals surface area (Å²) in [7, 11) is 6.15. The second-order valence-corrected chi connectivity index (χ2v) is 10.3. The number of nitrogens with one attached hydrogen (secondary N) is 1. The van der Waals surface area contributed by atoms with Crippen LogP contribution in [0.1, 0.15) is 26.2 Å². The molecule has 8 heteroatoms. The molecule has 0 radical (unpaired) electrons. The van der Waals surface area contributed by atoms with Gasteiger partial charge in [-0.15, -0.1) is 0 Å². The molecule has 2 aromatic rings. The Balaban J connectivity index is 1.35. The molecule has 0 saturated carbocycles. The molecule has 0 aliphatic carbocycles. The van der Waals surface area contributed by atoms with Gasteiger partial charge in [0.2, 0.25) is 11.8 Å². The van der Waals surface area contributed by atoms with Gasteiger partial charge in [-0.1, -0.05) is 11.6 Å². The number of benzene rings is 2. The lowest BCUT2D eigenvalue weighted by molar-refractivity contribution is -0.122. The number of hydrogen-bond donors (Lipinski definition) is 1. The van der Waals surface area contributed by atoms with Crippen LogP contribution in [0.25, 0.3) is 0 Å². The fourth-order valence-electron chi connectivity index (χ4n) is 5.13. The molecule has 2 fully saturated rings. The van der Waals surface area contributed by atoms with E-state index >= 15 is 0 Å². The van der Waals surface area contributed by atoms with Gasteiger partial charge in [0.05, 0.1) is 11.4 Å². The average molecular weight is 498 g/mol. The first kappa shape index (κ1) is 25.3. The van der Waals surface area contributed by atoms with Crippen molar-refractivity contribution in [3.63, 3.8) is 0 Å². The molecule has 2 heterocycles. The highest BCUT2D eigenvalue weighted by atomic mass is 35.5. The standard InChI is InChI=1S/C27H36ClN5O2/c1-19(34)29-25-17-21(28)5-10-26(25)32-14-11-20(12-15-32)27(35)31(4)22-6-8-23(9-7-22)33-16-13-24(18-33)30(2)3/h5-10,17,20,24H,11-16,18H2,1-4H3,(H,29,34). The van der Waals surface area contributed by atoms with Crippen molar-refractivity contribution in [2.24, 2.45) is 5.92 Å². The van der Waals surface area contributed by atoms with Crippen LogP contribution in [-0.4, -0.2) is 70.1 Å². The van der Waals surface area contributed by atoms with Crippen LogP contribution in [0.2, 0.25) is 5.02 Å². The molecule has 35 heavy (non-hydrogen) atoms. The predicted molar refractivity (Wildman–Crippen MR) is 145 cm³/mol. The molecule has 0 spiro atoms. The van der Waals surface area contributed by atoms with E-state index in [0.717, 1.165) is 50.4 Å². The van der Waals surface area contributed by atoms with Crippen LogP contribution >= 0.6 is 11.6 Å². The molecule has 2 aliphatic rings. The van der Waals surface area contributed by atoms with Crippen molar-refractivity contribution < 1.29 is 9.59 Å². The van der Waals surface area contributed by atoms with Gasteiger partial charge in [-0.3, -0.25) is 9.59 Å². The van der Waals surface area contributed by atoms with E-state index in [4.69, 9.17) is 11.6 Å². The Morgan fingerprint density at radius 3 is 2.20 bits per heavy atom. The maximum atomic E-state index is 13.3. The van der Waals surface area contributed by atoms with Gasteiger partial charge >= 0.3 is 0 Å². The zero-order chi connectivity index (χ0) is 25.1. The number of halogens is 1. The van der Waals surface area contributed by atoms with E-state index in [-0.39, 0.29) is 17.7 Å². The molecular formula is C27H36ClN5O2. The van der Waals surface area contributed by atoms with E-state index in [1.54, 1.807) is 11.0 Å². The van der Waals surface area contributed by atoms with Gasteiger partial charge in [0.15, 0.2) is 0 Å². The van der Waals surface area contributed by atoms with Crippen molar-refractivity contribution >= 4 is 46.2 Å². The predicted octanol–water partition coefficient (Wildman–Crippen LogP) is 4.32. The molecular weight excluding hydrogens is 462 g/mol. The molecule has 7 nitrogen and oxygen atoms in total. The molecule has 2 saturated heterocycles. The number of carbonyl (C=O) groups excluding carboxylic acids is 2.